The average molecular weight is 369 g/mol. The van der Waals surface area contributed by atoms with Crippen LogP contribution in [0.3, 0.4) is 0 Å². The van der Waals surface area contributed by atoms with Gasteiger partial charge in [0.2, 0.25) is 5.91 Å². The molecule has 1 atom stereocenters. The maximum atomic E-state index is 12.8. The number of aromatic nitrogens is 2. The first-order valence-electron chi connectivity index (χ1n) is 9.62. The minimum absolute atomic E-state index is 0.0252. The second kappa shape index (κ2) is 7.00. The Morgan fingerprint density at radius 2 is 2.04 bits per heavy atom. The second-order valence-corrected chi connectivity index (χ2v) is 7.85. The molecule has 0 unspecified atom stereocenters. The van der Waals surface area contributed by atoms with Crippen LogP contribution in [-0.4, -0.2) is 34.5 Å². The first-order valence-corrected chi connectivity index (χ1v) is 9.62. The fourth-order valence-corrected chi connectivity index (χ4v) is 4.18. The predicted molar refractivity (Wildman–Crippen MR) is 102 cm³/mol. The highest BCUT2D eigenvalue weighted by Crippen LogP contribution is 2.44. The quantitative estimate of drug-likeness (QED) is 0.903. The summed E-state index contributed by atoms with van der Waals surface area (Å²) in [7, 11) is 0. The highest BCUT2D eigenvalue weighted by atomic mass is 16.5. The van der Waals surface area contributed by atoms with Gasteiger partial charge in [-0.3, -0.25) is 9.48 Å². The van der Waals surface area contributed by atoms with Gasteiger partial charge in [0, 0.05) is 30.5 Å². The molecule has 6 nitrogen and oxygen atoms in total. The zero-order chi connectivity index (χ0) is 19.0. The molecule has 144 valence electrons. The van der Waals surface area contributed by atoms with Crippen molar-refractivity contribution in [2.45, 2.75) is 58.2 Å². The molecule has 6 heteroatoms. The standard InChI is InChI=1S/C21H27N3O3/c1-14-4-5-19-17(10-14)18(12-21(27-19)6-8-26-9-7-21)22-20(25)13-24-16(3)11-15(2)23-24/h4-5,10-11,18H,6-9,12-13H2,1-3H3,(H,22,25)/t18-/m0/s1. The summed E-state index contributed by atoms with van der Waals surface area (Å²) in [5.41, 5.74) is 3.89. The Labute approximate surface area is 159 Å². The summed E-state index contributed by atoms with van der Waals surface area (Å²) in [5.74, 6) is 0.855. The van der Waals surface area contributed by atoms with Gasteiger partial charge in [-0.05, 0) is 32.9 Å². The number of hydrogen-bond donors (Lipinski definition) is 1. The predicted octanol–water partition coefficient (Wildman–Crippen LogP) is 3.00. The molecule has 1 saturated heterocycles. The Bertz CT molecular complexity index is 852. The van der Waals surface area contributed by atoms with E-state index in [4.69, 9.17) is 9.47 Å². The number of amides is 1. The number of rotatable bonds is 3. The van der Waals surface area contributed by atoms with Crippen molar-refractivity contribution in [1.29, 1.82) is 0 Å². The largest absolute Gasteiger partial charge is 0.487 e. The van der Waals surface area contributed by atoms with Crippen molar-refractivity contribution in [2.24, 2.45) is 0 Å². The molecule has 1 amide bonds. The lowest BCUT2D eigenvalue weighted by Crippen LogP contribution is -2.49. The number of fused-ring (bicyclic) bond motifs is 1. The molecule has 27 heavy (non-hydrogen) atoms. The molecule has 2 aliphatic heterocycles. The molecule has 2 aliphatic rings. The molecule has 4 rings (SSSR count). The molecule has 1 fully saturated rings. The Morgan fingerprint density at radius 1 is 1.26 bits per heavy atom. The molecule has 1 spiro atoms. The minimum Gasteiger partial charge on any atom is -0.487 e. The molecule has 0 aliphatic carbocycles. The molecular weight excluding hydrogens is 342 g/mol. The van der Waals surface area contributed by atoms with Gasteiger partial charge in [0.25, 0.3) is 0 Å². The number of carbonyl (C=O) groups excluding carboxylic acids is 1. The van der Waals surface area contributed by atoms with E-state index in [0.717, 1.165) is 47.5 Å². The number of benzene rings is 1. The first-order chi connectivity index (χ1) is 12.9. The van der Waals surface area contributed by atoms with Crippen molar-refractivity contribution in [3.63, 3.8) is 0 Å². The number of nitrogens with one attached hydrogen (secondary N) is 1. The van der Waals surface area contributed by atoms with Crippen molar-refractivity contribution in [2.75, 3.05) is 13.2 Å². The summed E-state index contributed by atoms with van der Waals surface area (Å²) in [5, 5.41) is 7.64. The Kier molecular flexibility index (Phi) is 4.68. The third-order valence-electron chi connectivity index (χ3n) is 5.58. The van der Waals surface area contributed by atoms with Crippen molar-refractivity contribution in [1.82, 2.24) is 15.1 Å². The second-order valence-electron chi connectivity index (χ2n) is 7.85. The molecular formula is C21H27N3O3. The van der Waals surface area contributed by atoms with Crippen molar-refractivity contribution in [3.8, 4) is 5.75 Å². The summed E-state index contributed by atoms with van der Waals surface area (Å²) in [6.45, 7) is 7.61. The highest BCUT2D eigenvalue weighted by Gasteiger charge is 2.42. The van der Waals surface area contributed by atoms with Crippen LogP contribution in [-0.2, 0) is 16.1 Å². The third kappa shape index (κ3) is 3.72. The van der Waals surface area contributed by atoms with Crippen LogP contribution >= 0.6 is 0 Å². The smallest absolute Gasteiger partial charge is 0.242 e. The summed E-state index contributed by atoms with van der Waals surface area (Å²) >= 11 is 0. The molecule has 1 aromatic heterocycles. The topological polar surface area (TPSA) is 65.4 Å². The van der Waals surface area contributed by atoms with Gasteiger partial charge in [0.15, 0.2) is 0 Å². The molecule has 0 radical (unpaired) electrons. The zero-order valence-corrected chi connectivity index (χ0v) is 16.2. The first kappa shape index (κ1) is 18.0. The van der Waals surface area contributed by atoms with Gasteiger partial charge in [-0.2, -0.15) is 5.10 Å². The van der Waals surface area contributed by atoms with E-state index in [2.05, 4.69) is 29.5 Å². The van der Waals surface area contributed by atoms with Crippen LogP contribution in [0.5, 0.6) is 5.75 Å². The van der Waals surface area contributed by atoms with E-state index in [1.165, 1.54) is 0 Å². The molecule has 2 aromatic rings. The maximum absolute atomic E-state index is 12.8. The van der Waals surface area contributed by atoms with Gasteiger partial charge in [0.1, 0.15) is 17.9 Å². The van der Waals surface area contributed by atoms with Crippen LogP contribution in [0.15, 0.2) is 24.3 Å². The van der Waals surface area contributed by atoms with E-state index in [-0.39, 0.29) is 24.1 Å². The average Bonchev–Trinajstić information content (AvgIpc) is 2.93. The van der Waals surface area contributed by atoms with Gasteiger partial charge >= 0.3 is 0 Å². The number of nitrogens with zero attached hydrogens (tertiary/aromatic N) is 2. The van der Waals surface area contributed by atoms with Gasteiger partial charge in [0.05, 0.1) is 24.9 Å². The van der Waals surface area contributed by atoms with E-state index in [1.807, 2.05) is 26.0 Å². The van der Waals surface area contributed by atoms with Crippen molar-refractivity contribution >= 4 is 5.91 Å². The van der Waals surface area contributed by atoms with Crippen LogP contribution in [0.4, 0.5) is 0 Å². The third-order valence-corrected chi connectivity index (χ3v) is 5.58. The SMILES string of the molecule is Cc1ccc2c(c1)[C@@H](NC(=O)Cn1nc(C)cc1C)CC1(CCOCC1)O2. The van der Waals surface area contributed by atoms with E-state index < -0.39 is 0 Å². The summed E-state index contributed by atoms with van der Waals surface area (Å²) in [6, 6.07) is 8.14. The van der Waals surface area contributed by atoms with Crippen LogP contribution < -0.4 is 10.1 Å². The lowest BCUT2D eigenvalue weighted by atomic mass is 9.81. The molecule has 1 N–H and O–H groups in total. The Morgan fingerprint density at radius 3 is 2.74 bits per heavy atom. The van der Waals surface area contributed by atoms with Crippen LogP contribution in [0.25, 0.3) is 0 Å². The molecule has 0 bridgehead atoms. The van der Waals surface area contributed by atoms with Crippen LogP contribution in [0.2, 0.25) is 0 Å². The normalized spacial score (nSPS) is 20.8. The summed E-state index contributed by atoms with van der Waals surface area (Å²) in [4.78, 5) is 12.8. The highest BCUT2D eigenvalue weighted by molar-refractivity contribution is 5.76. The van der Waals surface area contributed by atoms with Gasteiger partial charge in [-0.25, -0.2) is 0 Å². The van der Waals surface area contributed by atoms with Gasteiger partial charge in [-0.15, -0.1) is 0 Å². The van der Waals surface area contributed by atoms with E-state index in [0.29, 0.717) is 13.2 Å². The zero-order valence-electron chi connectivity index (χ0n) is 16.2. The monoisotopic (exact) mass is 369 g/mol. The number of aryl methyl sites for hydroxylation is 3. The number of carbonyl (C=O) groups is 1. The minimum atomic E-state index is -0.253. The van der Waals surface area contributed by atoms with Gasteiger partial charge < -0.3 is 14.8 Å². The van der Waals surface area contributed by atoms with Crippen molar-refractivity contribution in [3.05, 3.63) is 46.8 Å². The lowest BCUT2D eigenvalue weighted by molar-refractivity contribution is -0.123. The molecule has 1 aromatic carbocycles. The molecule has 0 saturated carbocycles. The summed E-state index contributed by atoms with van der Waals surface area (Å²) in [6.07, 6.45) is 2.48. The Hall–Kier alpha value is -2.34. The van der Waals surface area contributed by atoms with Crippen LogP contribution in [0, 0.1) is 20.8 Å². The van der Waals surface area contributed by atoms with Crippen LogP contribution in [0.1, 0.15) is 47.8 Å². The maximum Gasteiger partial charge on any atom is 0.242 e. The van der Waals surface area contributed by atoms with E-state index in [1.54, 1.807) is 4.68 Å². The van der Waals surface area contributed by atoms with E-state index >= 15 is 0 Å². The van der Waals surface area contributed by atoms with Crippen molar-refractivity contribution < 1.29 is 14.3 Å². The van der Waals surface area contributed by atoms with Gasteiger partial charge in [-0.1, -0.05) is 17.7 Å². The summed E-state index contributed by atoms with van der Waals surface area (Å²) < 4.78 is 13.7. The number of hydrogen-bond acceptors (Lipinski definition) is 4. The fourth-order valence-electron chi connectivity index (χ4n) is 4.18. The molecule has 3 heterocycles. The fraction of sp³-hybridized carbons (Fsp3) is 0.524. The number of ether oxygens (including phenoxy) is 2. The lowest BCUT2D eigenvalue weighted by Gasteiger charge is -2.44. The van der Waals surface area contributed by atoms with E-state index in [9.17, 15) is 4.79 Å². The Balaban J connectivity index is 1.57.